The van der Waals surface area contributed by atoms with Gasteiger partial charge in [0.05, 0.1) is 12.8 Å². The second kappa shape index (κ2) is 4.27. The van der Waals surface area contributed by atoms with Crippen LogP contribution in [-0.2, 0) is 6.54 Å². The third kappa shape index (κ3) is 2.44. The molecule has 5 heteroatoms. The molecule has 2 aromatic rings. The van der Waals surface area contributed by atoms with E-state index >= 15 is 0 Å². The molecular formula is C10H10N2O2S. The van der Waals surface area contributed by atoms with Crippen molar-refractivity contribution >= 4 is 17.4 Å². The van der Waals surface area contributed by atoms with Crippen molar-refractivity contribution in [2.75, 3.05) is 0 Å². The van der Waals surface area contributed by atoms with Crippen LogP contribution in [0.15, 0.2) is 28.9 Å². The number of amides is 1. The summed E-state index contributed by atoms with van der Waals surface area (Å²) in [6, 6.07) is 5.36. The van der Waals surface area contributed by atoms with Gasteiger partial charge in [-0.05, 0) is 36.7 Å². The van der Waals surface area contributed by atoms with Crippen molar-refractivity contribution < 1.29 is 9.21 Å². The molecule has 0 saturated heterocycles. The van der Waals surface area contributed by atoms with Crippen LogP contribution in [0.3, 0.4) is 0 Å². The number of hydrogen-bond acceptors (Lipinski definition) is 4. The summed E-state index contributed by atoms with van der Waals surface area (Å²) in [5.41, 5.74) is 0.462. The van der Waals surface area contributed by atoms with Crippen molar-refractivity contribution in [2.24, 2.45) is 0 Å². The molecule has 0 aromatic carbocycles. The molecule has 0 aliphatic rings. The molecule has 0 atom stereocenters. The van der Waals surface area contributed by atoms with Gasteiger partial charge >= 0.3 is 0 Å². The van der Waals surface area contributed by atoms with Crippen molar-refractivity contribution in [3.8, 4) is 0 Å². The van der Waals surface area contributed by atoms with Gasteiger partial charge in [0.15, 0.2) is 0 Å². The lowest BCUT2D eigenvalue weighted by atomic mass is 10.3. The Morgan fingerprint density at radius 2 is 2.53 bits per heavy atom. The van der Waals surface area contributed by atoms with Crippen LogP contribution in [0.4, 0.5) is 0 Å². The summed E-state index contributed by atoms with van der Waals surface area (Å²) in [4.78, 5) is 12.6. The highest BCUT2D eigenvalue weighted by Gasteiger charge is 2.09. The zero-order chi connectivity index (χ0) is 10.7. The van der Waals surface area contributed by atoms with E-state index in [4.69, 9.17) is 4.42 Å². The zero-order valence-electron chi connectivity index (χ0n) is 8.19. The van der Waals surface area contributed by atoms with E-state index < -0.39 is 0 Å². The number of aryl methyl sites for hydroxylation is 1. The van der Waals surface area contributed by atoms with Crippen LogP contribution in [0.5, 0.6) is 0 Å². The average Bonchev–Trinajstić information content (AvgIpc) is 2.84. The van der Waals surface area contributed by atoms with E-state index in [1.807, 2.05) is 13.0 Å². The largest absolute Gasteiger partial charge is 0.467 e. The summed E-state index contributed by atoms with van der Waals surface area (Å²) in [7, 11) is 0. The Bertz CT molecular complexity index is 448. The molecule has 0 bridgehead atoms. The lowest BCUT2D eigenvalue weighted by Crippen LogP contribution is -2.22. The number of aromatic nitrogens is 1. The van der Waals surface area contributed by atoms with Crippen molar-refractivity contribution in [3.05, 3.63) is 40.8 Å². The van der Waals surface area contributed by atoms with Crippen LogP contribution in [0, 0.1) is 6.92 Å². The van der Waals surface area contributed by atoms with Gasteiger partial charge in [0.25, 0.3) is 5.91 Å². The van der Waals surface area contributed by atoms with Crippen LogP contribution in [0.1, 0.15) is 21.1 Å². The molecule has 4 nitrogen and oxygen atoms in total. The maximum atomic E-state index is 11.5. The second-order valence-electron chi connectivity index (χ2n) is 3.08. The van der Waals surface area contributed by atoms with Gasteiger partial charge in [0.2, 0.25) is 0 Å². The molecule has 0 saturated carbocycles. The van der Waals surface area contributed by atoms with Crippen LogP contribution in [0.2, 0.25) is 0 Å². The molecule has 15 heavy (non-hydrogen) atoms. The van der Waals surface area contributed by atoms with Crippen molar-refractivity contribution in [1.29, 1.82) is 0 Å². The molecule has 0 fully saturated rings. The monoisotopic (exact) mass is 222 g/mol. The first kappa shape index (κ1) is 9.92. The van der Waals surface area contributed by atoms with Gasteiger partial charge in [-0.2, -0.15) is 4.37 Å². The molecule has 2 heterocycles. The molecule has 0 spiro atoms. The highest BCUT2D eigenvalue weighted by atomic mass is 32.1. The van der Waals surface area contributed by atoms with Crippen LogP contribution >= 0.6 is 11.5 Å². The summed E-state index contributed by atoms with van der Waals surface area (Å²) in [6.07, 6.45) is 1.58. The molecule has 0 aliphatic carbocycles. The van der Waals surface area contributed by atoms with Gasteiger partial charge < -0.3 is 9.73 Å². The lowest BCUT2D eigenvalue weighted by molar-refractivity contribution is 0.0944. The summed E-state index contributed by atoms with van der Waals surface area (Å²) in [5, 5.41) is 2.73. The minimum atomic E-state index is -0.171. The fourth-order valence-corrected chi connectivity index (χ4v) is 1.69. The zero-order valence-corrected chi connectivity index (χ0v) is 9.00. The molecule has 0 aliphatic heterocycles. The van der Waals surface area contributed by atoms with Crippen LogP contribution in [-0.4, -0.2) is 10.3 Å². The van der Waals surface area contributed by atoms with E-state index in [9.17, 15) is 4.79 Å². The van der Waals surface area contributed by atoms with Crippen LogP contribution < -0.4 is 5.32 Å². The first-order valence-corrected chi connectivity index (χ1v) is 5.27. The highest BCUT2D eigenvalue weighted by Crippen LogP contribution is 2.08. The Morgan fingerprint density at radius 3 is 3.13 bits per heavy atom. The first-order chi connectivity index (χ1) is 7.25. The quantitative estimate of drug-likeness (QED) is 0.863. The molecular weight excluding hydrogens is 212 g/mol. The molecule has 0 unspecified atom stereocenters. The molecule has 1 N–H and O–H groups in total. The maximum Gasteiger partial charge on any atom is 0.271 e. The minimum Gasteiger partial charge on any atom is -0.467 e. The Hall–Kier alpha value is -1.62. The summed E-state index contributed by atoms with van der Waals surface area (Å²) < 4.78 is 9.11. The second-order valence-corrected chi connectivity index (χ2v) is 4.09. The summed E-state index contributed by atoms with van der Waals surface area (Å²) >= 11 is 1.32. The molecule has 78 valence electrons. The van der Waals surface area contributed by atoms with E-state index in [1.165, 1.54) is 11.5 Å². The van der Waals surface area contributed by atoms with E-state index in [2.05, 4.69) is 9.69 Å². The number of carbonyl (C=O) groups is 1. The third-order valence-electron chi connectivity index (χ3n) is 1.86. The molecule has 0 radical (unpaired) electrons. The van der Waals surface area contributed by atoms with Crippen molar-refractivity contribution in [2.45, 2.75) is 13.5 Å². The number of nitrogens with one attached hydrogen (secondary N) is 1. The van der Waals surface area contributed by atoms with E-state index in [-0.39, 0.29) is 5.91 Å². The third-order valence-corrected chi connectivity index (χ3v) is 2.56. The number of hydrogen-bond donors (Lipinski definition) is 1. The van der Waals surface area contributed by atoms with E-state index in [1.54, 1.807) is 18.4 Å². The van der Waals surface area contributed by atoms with Gasteiger partial charge in [-0.15, -0.1) is 0 Å². The number of rotatable bonds is 3. The first-order valence-electron chi connectivity index (χ1n) is 4.49. The Morgan fingerprint density at radius 1 is 1.67 bits per heavy atom. The van der Waals surface area contributed by atoms with Gasteiger partial charge in [-0.3, -0.25) is 4.79 Å². The number of furan rings is 1. The van der Waals surface area contributed by atoms with Gasteiger partial charge in [-0.25, -0.2) is 0 Å². The Balaban J connectivity index is 1.93. The topological polar surface area (TPSA) is 55.1 Å². The number of nitrogens with zero attached hydrogens (tertiary/aromatic N) is 1. The predicted octanol–water partition coefficient (Wildman–Crippen LogP) is 1.97. The fraction of sp³-hybridized carbons (Fsp3) is 0.200. The summed E-state index contributed by atoms with van der Waals surface area (Å²) in [6.45, 7) is 2.31. The Labute approximate surface area is 91.1 Å². The highest BCUT2D eigenvalue weighted by molar-refractivity contribution is 7.05. The number of carbonyl (C=O) groups excluding carboxylic acids is 1. The summed E-state index contributed by atoms with van der Waals surface area (Å²) in [5.74, 6) is 0.561. The lowest BCUT2D eigenvalue weighted by Gasteiger charge is -1.99. The van der Waals surface area contributed by atoms with Gasteiger partial charge in [0.1, 0.15) is 11.5 Å². The normalized spacial score (nSPS) is 10.2. The fourth-order valence-electron chi connectivity index (χ4n) is 1.14. The van der Waals surface area contributed by atoms with E-state index in [0.29, 0.717) is 12.2 Å². The molecule has 1 amide bonds. The Kier molecular flexibility index (Phi) is 2.82. The maximum absolute atomic E-state index is 11.5. The van der Waals surface area contributed by atoms with Crippen LogP contribution in [0.25, 0.3) is 0 Å². The average molecular weight is 222 g/mol. The van der Waals surface area contributed by atoms with Gasteiger partial charge in [-0.1, -0.05) is 0 Å². The smallest absolute Gasteiger partial charge is 0.271 e. The minimum absolute atomic E-state index is 0.171. The van der Waals surface area contributed by atoms with E-state index in [0.717, 1.165) is 10.6 Å². The SMILES string of the molecule is Cc1cc(C(=O)NCc2ccco2)ns1. The predicted molar refractivity (Wildman–Crippen MR) is 56.7 cm³/mol. The molecule has 2 aromatic heterocycles. The van der Waals surface area contributed by atoms with Gasteiger partial charge in [0, 0.05) is 4.88 Å². The molecule has 2 rings (SSSR count). The van der Waals surface area contributed by atoms with Crippen molar-refractivity contribution in [1.82, 2.24) is 9.69 Å². The standard InChI is InChI=1S/C10H10N2O2S/c1-7-5-9(12-15-7)10(13)11-6-8-3-2-4-14-8/h2-5H,6H2,1H3,(H,11,13). The van der Waals surface area contributed by atoms with Crippen molar-refractivity contribution in [3.63, 3.8) is 0 Å².